The smallest absolute Gasteiger partial charge is 0.243 e. The van der Waals surface area contributed by atoms with E-state index in [0.717, 1.165) is 11.3 Å². The fourth-order valence-corrected chi connectivity index (χ4v) is 6.51. The van der Waals surface area contributed by atoms with Crippen LogP contribution in [-0.4, -0.2) is 55.7 Å². The van der Waals surface area contributed by atoms with Crippen LogP contribution in [0.4, 0.5) is 5.69 Å². The van der Waals surface area contributed by atoms with E-state index in [1.165, 1.54) is 38.0 Å². The van der Waals surface area contributed by atoms with Crippen molar-refractivity contribution in [2.45, 2.75) is 18.7 Å². The molecule has 2 aromatic rings. The number of morpholine rings is 1. The number of hydrogen-bond donors (Lipinski definition) is 1. The Labute approximate surface area is 189 Å². The van der Waals surface area contributed by atoms with Crippen LogP contribution in [0, 0.1) is 13.8 Å². The highest BCUT2D eigenvalue weighted by Crippen LogP contribution is 2.31. The van der Waals surface area contributed by atoms with Crippen molar-refractivity contribution in [3.05, 3.63) is 44.6 Å². The van der Waals surface area contributed by atoms with Gasteiger partial charge in [-0.1, -0.05) is 23.4 Å². The van der Waals surface area contributed by atoms with Gasteiger partial charge in [0, 0.05) is 34.2 Å². The summed E-state index contributed by atoms with van der Waals surface area (Å²) < 4.78 is 32.5. The molecule has 11 heteroatoms. The number of hydrazone groups is 1. The van der Waals surface area contributed by atoms with Crippen molar-refractivity contribution < 1.29 is 13.2 Å². The Balaban J connectivity index is 1.57. The first-order valence-corrected chi connectivity index (χ1v) is 13.0. The van der Waals surface area contributed by atoms with Gasteiger partial charge in [-0.25, -0.2) is 13.4 Å². The van der Waals surface area contributed by atoms with Crippen LogP contribution in [0.25, 0.3) is 0 Å². The largest absolute Gasteiger partial charge is 0.379 e. The molecule has 30 heavy (non-hydrogen) atoms. The number of aryl methyl sites for hydroxylation is 2. The number of benzene rings is 1. The first-order chi connectivity index (χ1) is 14.3. The number of rotatable bonds is 4. The maximum absolute atomic E-state index is 12.9. The third-order valence-corrected chi connectivity index (χ3v) is 8.79. The molecule has 4 rings (SSSR count). The number of thiophene rings is 1. The monoisotopic (exact) mass is 484 g/mol. The van der Waals surface area contributed by atoms with E-state index in [4.69, 9.17) is 16.3 Å². The molecule has 160 valence electrons. The number of nitrogens with one attached hydrogen (secondary N) is 1. The van der Waals surface area contributed by atoms with Crippen molar-refractivity contribution in [3.63, 3.8) is 0 Å². The van der Waals surface area contributed by atoms with E-state index in [1.54, 1.807) is 17.4 Å². The van der Waals surface area contributed by atoms with Gasteiger partial charge in [-0.3, -0.25) is 5.43 Å². The topological polar surface area (TPSA) is 83.4 Å². The second kappa shape index (κ2) is 8.97. The summed E-state index contributed by atoms with van der Waals surface area (Å²) >= 11 is 9.55. The van der Waals surface area contributed by atoms with Gasteiger partial charge in [-0.2, -0.15) is 9.41 Å². The van der Waals surface area contributed by atoms with Crippen LogP contribution < -0.4 is 5.43 Å². The van der Waals surface area contributed by atoms with Crippen LogP contribution in [0.1, 0.15) is 15.3 Å². The lowest BCUT2D eigenvalue weighted by Crippen LogP contribution is -2.40. The number of hydrogen-bond acceptors (Lipinski definition) is 7. The van der Waals surface area contributed by atoms with Crippen LogP contribution in [0.2, 0.25) is 5.02 Å². The minimum absolute atomic E-state index is 0.169. The zero-order valence-corrected chi connectivity index (χ0v) is 19.7. The molecule has 3 heterocycles. The third kappa shape index (κ3) is 4.58. The molecule has 1 saturated heterocycles. The van der Waals surface area contributed by atoms with Gasteiger partial charge in [0.05, 0.1) is 34.5 Å². The molecule has 1 N–H and O–H groups in total. The van der Waals surface area contributed by atoms with Crippen molar-refractivity contribution in [2.24, 2.45) is 10.1 Å². The molecule has 0 amide bonds. The van der Waals surface area contributed by atoms with Crippen LogP contribution >= 0.6 is 34.7 Å². The zero-order valence-electron chi connectivity index (χ0n) is 16.5. The molecule has 7 nitrogen and oxygen atoms in total. The van der Waals surface area contributed by atoms with Gasteiger partial charge < -0.3 is 4.74 Å². The average Bonchev–Trinajstić information content (AvgIpc) is 3.08. The van der Waals surface area contributed by atoms with Gasteiger partial charge in [0.2, 0.25) is 10.0 Å². The second-order valence-corrected chi connectivity index (χ2v) is 11.6. The fourth-order valence-electron chi connectivity index (χ4n) is 3.21. The van der Waals surface area contributed by atoms with E-state index in [2.05, 4.69) is 35.4 Å². The summed E-state index contributed by atoms with van der Waals surface area (Å²) in [6.45, 7) is 5.64. The predicted octanol–water partition coefficient (Wildman–Crippen LogP) is 3.77. The summed E-state index contributed by atoms with van der Waals surface area (Å²) in [5, 5.41) is 5.42. The lowest BCUT2D eigenvalue weighted by molar-refractivity contribution is 0.0730. The van der Waals surface area contributed by atoms with Gasteiger partial charge in [-0.05, 0) is 38.1 Å². The summed E-state index contributed by atoms with van der Waals surface area (Å²) in [5.41, 5.74) is 5.48. The van der Waals surface area contributed by atoms with Crippen molar-refractivity contribution in [1.82, 2.24) is 9.73 Å². The lowest BCUT2D eigenvalue weighted by atomic mass is 10.2. The lowest BCUT2D eigenvalue weighted by Gasteiger charge is -2.26. The highest BCUT2D eigenvalue weighted by Gasteiger charge is 2.27. The summed E-state index contributed by atoms with van der Waals surface area (Å²) in [7, 11) is -3.62. The number of thioether (sulfide) groups is 1. The minimum atomic E-state index is -3.62. The quantitative estimate of drug-likeness (QED) is 0.714. The van der Waals surface area contributed by atoms with E-state index >= 15 is 0 Å². The molecule has 0 spiro atoms. The first kappa shape index (κ1) is 21.8. The standard InChI is InChI=1S/C19H21ClN4O3S3/c1-12-9-15(13(2)29-12)18-11-28-19(23-22-18)21-17-10-14(3-4-16(17)20)30(25,26)24-5-7-27-8-6-24/h3-4,9-10H,5-8,11H2,1-2H3,(H,21,23). The molecule has 1 fully saturated rings. The van der Waals surface area contributed by atoms with E-state index in [1.807, 2.05) is 0 Å². The molecule has 0 unspecified atom stereocenters. The number of halogens is 1. The van der Waals surface area contributed by atoms with Crippen molar-refractivity contribution in [1.29, 1.82) is 0 Å². The molecule has 0 atom stereocenters. The molecule has 1 aromatic carbocycles. The van der Waals surface area contributed by atoms with Crippen LogP contribution in [0.5, 0.6) is 0 Å². The molecule has 2 aliphatic rings. The van der Waals surface area contributed by atoms with Gasteiger partial charge in [-0.15, -0.1) is 11.3 Å². The zero-order chi connectivity index (χ0) is 21.3. The number of amidine groups is 1. The Bertz CT molecular complexity index is 1120. The van der Waals surface area contributed by atoms with Gasteiger partial charge in [0.25, 0.3) is 0 Å². The van der Waals surface area contributed by atoms with E-state index in [9.17, 15) is 8.42 Å². The SMILES string of the molecule is Cc1cc(C2=NNC(=Nc3cc(S(=O)(=O)N4CCOCC4)ccc3Cl)SC2)c(C)s1. The predicted molar refractivity (Wildman–Crippen MR) is 124 cm³/mol. The van der Waals surface area contributed by atoms with E-state index < -0.39 is 10.0 Å². The Morgan fingerprint density at radius 2 is 2.00 bits per heavy atom. The molecule has 0 saturated carbocycles. The molecular weight excluding hydrogens is 464 g/mol. The Morgan fingerprint density at radius 3 is 2.63 bits per heavy atom. The highest BCUT2D eigenvalue weighted by atomic mass is 35.5. The van der Waals surface area contributed by atoms with Crippen LogP contribution in [0.15, 0.2) is 39.3 Å². The van der Waals surface area contributed by atoms with Crippen LogP contribution in [0.3, 0.4) is 0 Å². The maximum atomic E-state index is 12.9. The average molecular weight is 485 g/mol. The molecular formula is C19H21ClN4O3S3. The summed E-state index contributed by atoms with van der Waals surface area (Å²) in [6.07, 6.45) is 0. The summed E-state index contributed by atoms with van der Waals surface area (Å²) in [4.78, 5) is 7.17. The minimum Gasteiger partial charge on any atom is -0.379 e. The fraction of sp³-hybridized carbons (Fsp3) is 0.368. The van der Waals surface area contributed by atoms with Gasteiger partial charge in [0.1, 0.15) is 0 Å². The highest BCUT2D eigenvalue weighted by molar-refractivity contribution is 8.14. The third-order valence-electron chi connectivity index (χ3n) is 4.73. The molecule has 2 aliphatic heterocycles. The van der Waals surface area contributed by atoms with Crippen molar-refractivity contribution in [3.8, 4) is 0 Å². The number of aliphatic imine (C=N–C) groups is 1. The molecule has 0 radical (unpaired) electrons. The van der Waals surface area contributed by atoms with Gasteiger partial charge in [0.15, 0.2) is 5.17 Å². The summed E-state index contributed by atoms with van der Waals surface area (Å²) in [6, 6.07) is 6.72. The Hall–Kier alpha value is -1.43. The number of ether oxygens (including phenoxy) is 1. The number of sulfonamides is 1. The molecule has 0 bridgehead atoms. The normalized spacial score (nSPS) is 19.6. The Kier molecular flexibility index (Phi) is 6.52. The Morgan fingerprint density at radius 1 is 1.23 bits per heavy atom. The molecule has 0 aliphatic carbocycles. The van der Waals surface area contributed by atoms with E-state index in [0.29, 0.717) is 47.9 Å². The van der Waals surface area contributed by atoms with Crippen LogP contribution in [-0.2, 0) is 14.8 Å². The first-order valence-electron chi connectivity index (χ1n) is 9.33. The summed E-state index contributed by atoms with van der Waals surface area (Å²) in [5.74, 6) is 0.673. The number of nitrogens with zero attached hydrogens (tertiary/aromatic N) is 3. The molecule has 1 aromatic heterocycles. The van der Waals surface area contributed by atoms with E-state index in [-0.39, 0.29) is 4.90 Å². The van der Waals surface area contributed by atoms with Gasteiger partial charge >= 0.3 is 0 Å². The van der Waals surface area contributed by atoms with Crippen molar-refractivity contribution >= 4 is 61.3 Å². The second-order valence-electron chi connectivity index (χ2n) is 6.83. The van der Waals surface area contributed by atoms with Crippen molar-refractivity contribution in [2.75, 3.05) is 32.1 Å². The maximum Gasteiger partial charge on any atom is 0.243 e.